The smallest absolute Gasteiger partial charge is 0.227 e. The lowest BCUT2D eigenvalue weighted by Gasteiger charge is -2.22. The number of hydrogen-bond acceptors (Lipinski definition) is 2. The van der Waals surface area contributed by atoms with E-state index in [1.54, 1.807) is 4.90 Å². The zero-order valence-electron chi connectivity index (χ0n) is 8.42. The molecule has 0 heterocycles. The van der Waals surface area contributed by atoms with E-state index in [1.165, 1.54) is 0 Å². The Morgan fingerprint density at radius 1 is 1.62 bits per heavy atom. The van der Waals surface area contributed by atoms with Gasteiger partial charge in [0.05, 0.1) is 12.5 Å². The van der Waals surface area contributed by atoms with Gasteiger partial charge in [0, 0.05) is 13.1 Å². The maximum atomic E-state index is 11.7. The largest absolute Gasteiger partial charge is 0.332 e. The van der Waals surface area contributed by atoms with Gasteiger partial charge in [-0.25, -0.2) is 0 Å². The zero-order valence-corrected chi connectivity index (χ0v) is 8.42. The van der Waals surface area contributed by atoms with Crippen LogP contribution in [-0.4, -0.2) is 30.4 Å². The van der Waals surface area contributed by atoms with Crippen molar-refractivity contribution in [1.29, 1.82) is 0 Å². The SMILES string of the molecule is C#CCN(CC)C(=O)C(CC)CN. The number of carbonyl (C=O) groups is 1. The van der Waals surface area contributed by atoms with E-state index in [9.17, 15) is 4.79 Å². The van der Waals surface area contributed by atoms with Crippen LogP contribution in [0.1, 0.15) is 20.3 Å². The summed E-state index contributed by atoms with van der Waals surface area (Å²) in [5, 5.41) is 0. The van der Waals surface area contributed by atoms with Crippen LogP contribution in [0.25, 0.3) is 0 Å². The second kappa shape index (κ2) is 6.50. The third kappa shape index (κ3) is 3.47. The van der Waals surface area contributed by atoms with E-state index in [4.69, 9.17) is 12.2 Å². The van der Waals surface area contributed by atoms with Crippen LogP contribution in [0, 0.1) is 18.3 Å². The van der Waals surface area contributed by atoms with Crippen molar-refractivity contribution in [2.45, 2.75) is 20.3 Å². The number of terminal acetylenes is 1. The molecule has 0 aromatic heterocycles. The normalized spacial score (nSPS) is 11.8. The van der Waals surface area contributed by atoms with Crippen molar-refractivity contribution in [1.82, 2.24) is 4.90 Å². The molecule has 1 atom stereocenters. The van der Waals surface area contributed by atoms with Crippen LogP contribution >= 0.6 is 0 Å². The number of amides is 1. The lowest BCUT2D eigenvalue weighted by atomic mass is 10.1. The lowest BCUT2D eigenvalue weighted by molar-refractivity contribution is -0.134. The van der Waals surface area contributed by atoms with E-state index in [0.29, 0.717) is 19.6 Å². The Kier molecular flexibility index (Phi) is 5.99. The standard InChI is InChI=1S/C10H18N2O/c1-4-7-12(6-3)10(13)9(5-2)8-11/h1,9H,5-8,11H2,2-3H3. The van der Waals surface area contributed by atoms with Crippen LogP contribution in [0.3, 0.4) is 0 Å². The van der Waals surface area contributed by atoms with Gasteiger partial charge in [0.25, 0.3) is 0 Å². The summed E-state index contributed by atoms with van der Waals surface area (Å²) in [6, 6.07) is 0. The van der Waals surface area contributed by atoms with Crippen LogP contribution in [0.15, 0.2) is 0 Å². The summed E-state index contributed by atoms with van der Waals surface area (Å²) in [6.07, 6.45) is 5.92. The molecule has 0 saturated heterocycles. The molecule has 0 aliphatic rings. The van der Waals surface area contributed by atoms with E-state index in [-0.39, 0.29) is 11.8 Å². The van der Waals surface area contributed by atoms with E-state index < -0.39 is 0 Å². The molecule has 0 rings (SSSR count). The quantitative estimate of drug-likeness (QED) is 0.628. The van der Waals surface area contributed by atoms with Crippen LogP contribution in [0.4, 0.5) is 0 Å². The summed E-state index contributed by atoms with van der Waals surface area (Å²) in [5.41, 5.74) is 5.47. The monoisotopic (exact) mass is 182 g/mol. The molecule has 0 aromatic rings. The molecule has 0 aromatic carbocycles. The third-order valence-corrected chi connectivity index (χ3v) is 2.10. The highest BCUT2D eigenvalue weighted by Gasteiger charge is 2.19. The zero-order chi connectivity index (χ0) is 10.3. The molecule has 13 heavy (non-hydrogen) atoms. The summed E-state index contributed by atoms with van der Waals surface area (Å²) >= 11 is 0. The van der Waals surface area contributed by atoms with Crippen molar-refractivity contribution >= 4 is 5.91 Å². The van der Waals surface area contributed by atoms with E-state index in [2.05, 4.69) is 5.92 Å². The van der Waals surface area contributed by atoms with Gasteiger partial charge in [0.15, 0.2) is 0 Å². The molecular weight excluding hydrogens is 164 g/mol. The molecule has 2 N–H and O–H groups in total. The van der Waals surface area contributed by atoms with Gasteiger partial charge in [-0.3, -0.25) is 4.79 Å². The Hall–Kier alpha value is -1.01. The average molecular weight is 182 g/mol. The van der Waals surface area contributed by atoms with E-state index >= 15 is 0 Å². The Balaban J connectivity index is 4.26. The summed E-state index contributed by atoms with van der Waals surface area (Å²) in [4.78, 5) is 13.3. The molecule has 3 nitrogen and oxygen atoms in total. The second-order valence-corrected chi connectivity index (χ2v) is 2.90. The maximum Gasteiger partial charge on any atom is 0.227 e. The molecule has 3 heteroatoms. The molecule has 0 aliphatic carbocycles. The molecule has 1 amide bonds. The van der Waals surface area contributed by atoms with Crippen molar-refractivity contribution in [2.75, 3.05) is 19.6 Å². The first-order chi connectivity index (χ1) is 6.21. The second-order valence-electron chi connectivity index (χ2n) is 2.90. The van der Waals surface area contributed by atoms with Crippen molar-refractivity contribution in [2.24, 2.45) is 11.7 Å². The van der Waals surface area contributed by atoms with Gasteiger partial charge >= 0.3 is 0 Å². The Morgan fingerprint density at radius 3 is 2.54 bits per heavy atom. The Labute approximate surface area is 80.3 Å². The maximum absolute atomic E-state index is 11.7. The first kappa shape index (κ1) is 12.0. The van der Waals surface area contributed by atoms with Crippen LogP contribution in [0.5, 0.6) is 0 Å². The highest BCUT2D eigenvalue weighted by Crippen LogP contribution is 2.05. The van der Waals surface area contributed by atoms with Crippen molar-refractivity contribution in [3.05, 3.63) is 0 Å². The highest BCUT2D eigenvalue weighted by molar-refractivity contribution is 5.79. The van der Waals surface area contributed by atoms with Gasteiger partial charge in [-0.1, -0.05) is 12.8 Å². The van der Waals surface area contributed by atoms with Crippen LogP contribution in [-0.2, 0) is 4.79 Å². The summed E-state index contributed by atoms with van der Waals surface area (Å²) in [5.74, 6) is 2.47. The molecule has 1 unspecified atom stereocenters. The first-order valence-electron chi connectivity index (χ1n) is 4.63. The van der Waals surface area contributed by atoms with E-state index in [1.807, 2.05) is 13.8 Å². The molecule has 74 valence electrons. The van der Waals surface area contributed by atoms with Gasteiger partial charge < -0.3 is 10.6 Å². The van der Waals surface area contributed by atoms with Gasteiger partial charge in [-0.2, -0.15) is 0 Å². The summed E-state index contributed by atoms with van der Waals surface area (Å²) < 4.78 is 0. The van der Waals surface area contributed by atoms with Gasteiger partial charge in [0.2, 0.25) is 5.91 Å². The van der Waals surface area contributed by atoms with E-state index in [0.717, 1.165) is 6.42 Å². The van der Waals surface area contributed by atoms with Crippen LogP contribution in [0.2, 0.25) is 0 Å². The fourth-order valence-corrected chi connectivity index (χ4v) is 1.16. The number of hydrogen-bond donors (Lipinski definition) is 1. The fraction of sp³-hybridized carbons (Fsp3) is 0.700. The minimum Gasteiger partial charge on any atom is -0.332 e. The topological polar surface area (TPSA) is 46.3 Å². The molecule has 0 fully saturated rings. The van der Waals surface area contributed by atoms with Gasteiger partial charge in [0.1, 0.15) is 0 Å². The molecular formula is C10H18N2O. The molecule has 0 radical (unpaired) electrons. The van der Waals surface area contributed by atoms with Crippen molar-refractivity contribution in [3.63, 3.8) is 0 Å². The minimum absolute atomic E-state index is 0.0745. The van der Waals surface area contributed by atoms with Crippen molar-refractivity contribution in [3.8, 4) is 12.3 Å². The third-order valence-electron chi connectivity index (χ3n) is 2.10. The summed E-state index contributed by atoms with van der Waals surface area (Å²) in [6.45, 7) is 5.30. The predicted molar refractivity (Wildman–Crippen MR) is 53.9 cm³/mol. The Morgan fingerprint density at radius 2 is 2.23 bits per heavy atom. The number of nitrogens with two attached hydrogens (primary N) is 1. The molecule has 0 saturated carbocycles. The van der Waals surface area contributed by atoms with Crippen LogP contribution < -0.4 is 5.73 Å². The average Bonchev–Trinajstić information content (AvgIpc) is 2.15. The van der Waals surface area contributed by atoms with Gasteiger partial charge in [-0.05, 0) is 13.3 Å². The Bertz CT molecular complexity index is 192. The lowest BCUT2D eigenvalue weighted by Crippen LogP contribution is -2.39. The molecule has 0 spiro atoms. The minimum atomic E-state index is -0.0756. The fourth-order valence-electron chi connectivity index (χ4n) is 1.16. The number of rotatable bonds is 5. The van der Waals surface area contributed by atoms with Gasteiger partial charge in [-0.15, -0.1) is 6.42 Å². The first-order valence-corrected chi connectivity index (χ1v) is 4.63. The molecule has 0 aliphatic heterocycles. The summed E-state index contributed by atoms with van der Waals surface area (Å²) in [7, 11) is 0. The van der Waals surface area contributed by atoms with Crippen molar-refractivity contribution < 1.29 is 4.79 Å². The number of carbonyl (C=O) groups excluding carboxylic acids is 1. The molecule has 0 bridgehead atoms. The predicted octanol–water partition coefficient (Wildman–Crippen LogP) is 0.453. The number of nitrogens with zero attached hydrogens (tertiary/aromatic N) is 1. The highest BCUT2D eigenvalue weighted by atomic mass is 16.2.